The van der Waals surface area contributed by atoms with Crippen molar-refractivity contribution >= 4 is 17.5 Å². The van der Waals surface area contributed by atoms with Crippen molar-refractivity contribution in [3.05, 3.63) is 63.0 Å². The zero-order valence-electron chi connectivity index (χ0n) is 11.9. The zero-order valence-corrected chi connectivity index (χ0v) is 12.7. The van der Waals surface area contributed by atoms with E-state index in [2.05, 4.69) is 5.10 Å². The number of nitrogens with zero attached hydrogens (tertiary/aromatic N) is 3. The Morgan fingerprint density at radius 2 is 2.00 bits per heavy atom. The topological polar surface area (TPSA) is 55.2 Å². The standard InChI is InChI=1S/C15H16ClN3O2/c1-3-19(10-11-6-4-5-7-12(11)16)15(21)13-8-9-14(20)18(2)17-13/h4-9H,3,10H2,1-2H3. The largest absolute Gasteiger partial charge is 0.333 e. The summed E-state index contributed by atoms with van der Waals surface area (Å²) in [5.74, 6) is -0.229. The smallest absolute Gasteiger partial charge is 0.274 e. The van der Waals surface area contributed by atoms with Gasteiger partial charge in [0.1, 0.15) is 5.69 Å². The highest BCUT2D eigenvalue weighted by molar-refractivity contribution is 6.31. The van der Waals surface area contributed by atoms with Crippen molar-refractivity contribution in [2.75, 3.05) is 6.54 Å². The molecule has 0 atom stereocenters. The normalized spacial score (nSPS) is 10.4. The van der Waals surface area contributed by atoms with Crippen molar-refractivity contribution in [2.24, 2.45) is 7.05 Å². The third-order valence-electron chi connectivity index (χ3n) is 3.17. The summed E-state index contributed by atoms with van der Waals surface area (Å²) < 4.78 is 1.15. The molecular weight excluding hydrogens is 290 g/mol. The summed E-state index contributed by atoms with van der Waals surface area (Å²) in [5.41, 5.74) is 0.867. The lowest BCUT2D eigenvalue weighted by Crippen LogP contribution is -2.33. The van der Waals surface area contributed by atoms with E-state index in [1.807, 2.05) is 25.1 Å². The molecule has 0 bridgehead atoms. The summed E-state index contributed by atoms with van der Waals surface area (Å²) in [7, 11) is 1.52. The van der Waals surface area contributed by atoms with Gasteiger partial charge in [0.15, 0.2) is 0 Å². The molecule has 2 aromatic rings. The number of carbonyl (C=O) groups excluding carboxylic acids is 1. The summed E-state index contributed by atoms with van der Waals surface area (Å²) in [4.78, 5) is 25.4. The number of carbonyl (C=O) groups is 1. The van der Waals surface area contributed by atoms with Gasteiger partial charge in [0.25, 0.3) is 11.5 Å². The van der Waals surface area contributed by atoms with E-state index in [-0.39, 0.29) is 17.2 Å². The van der Waals surface area contributed by atoms with Crippen molar-refractivity contribution in [2.45, 2.75) is 13.5 Å². The maximum absolute atomic E-state index is 12.5. The molecule has 1 heterocycles. The molecule has 0 unspecified atom stereocenters. The monoisotopic (exact) mass is 305 g/mol. The van der Waals surface area contributed by atoms with Crippen LogP contribution in [0, 0.1) is 0 Å². The molecule has 0 aliphatic heterocycles. The molecule has 0 aliphatic carbocycles. The van der Waals surface area contributed by atoms with Crippen LogP contribution in [0.15, 0.2) is 41.2 Å². The summed E-state index contributed by atoms with van der Waals surface area (Å²) >= 11 is 6.12. The van der Waals surface area contributed by atoms with Crippen molar-refractivity contribution < 1.29 is 4.79 Å². The predicted molar refractivity (Wildman–Crippen MR) is 81.3 cm³/mol. The van der Waals surface area contributed by atoms with Crippen LogP contribution < -0.4 is 5.56 Å². The van der Waals surface area contributed by atoms with Crippen molar-refractivity contribution in [3.63, 3.8) is 0 Å². The number of benzene rings is 1. The van der Waals surface area contributed by atoms with E-state index in [9.17, 15) is 9.59 Å². The molecule has 5 nitrogen and oxygen atoms in total. The molecule has 0 saturated heterocycles. The van der Waals surface area contributed by atoms with Gasteiger partial charge in [0.2, 0.25) is 0 Å². The van der Waals surface area contributed by atoms with E-state index >= 15 is 0 Å². The highest BCUT2D eigenvalue weighted by Gasteiger charge is 2.17. The second-order valence-corrected chi connectivity index (χ2v) is 5.00. The van der Waals surface area contributed by atoms with Crippen LogP contribution in [0.1, 0.15) is 23.0 Å². The molecule has 0 fully saturated rings. The molecule has 0 saturated carbocycles. The minimum Gasteiger partial charge on any atom is -0.333 e. The fourth-order valence-corrected chi connectivity index (χ4v) is 2.13. The Bertz CT molecular complexity index is 712. The van der Waals surface area contributed by atoms with E-state index in [4.69, 9.17) is 11.6 Å². The van der Waals surface area contributed by atoms with Crippen LogP contribution >= 0.6 is 11.6 Å². The van der Waals surface area contributed by atoms with Gasteiger partial charge in [0, 0.05) is 31.2 Å². The van der Waals surface area contributed by atoms with E-state index in [0.29, 0.717) is 18.1 Å². The van der Waals surface area contributed by atoms with E-state index in [1.54, 1.807) is 11.0 Å². The van der Waals surface area contributed by atoms with Gasteiger partial charge in [-0.3, -0.25) is 9.59 Å². The van der Waals surface area contributed by atoms with Crippen molar-refractivity contribution in [1.82, 2.24) is 14.7 Å². The maximum atomic E-state index is 12.5. The Morgan fingerprint density at radius 1 is 1.29 bits per heavy atom. The Hall–Kier alpha value is -2.14. The van der Waals surface area contributed by atoms with Crippen molar-refractivity contribution in [3.8, 4) is 0 Å². The van der Waals surface area contributed by atoms with Crippen LogP contribution in [0.25, 0.3) is 0 Å². The molecule has 6 heteroatoms. The van der Waals surface area contributed by atoms with Crippen molar-refractivity contribution in [1.29, 1.82) is 0 Å². The van der Waals surface area contributed by atoms with Crippen LogP contribution in [0.4, 0.5) is 0 Å². The van der Waals surface area contributed by atoms with Crippen LogP contribution in [-0.2, 0) is 13.6 Å². The van der Waals surface area contributed by atoms with Gasteiger partial charge in [0.05, 0.1) is 0 Å². The van der Waals surface area contributed by atoms with Gasteiger partial charge in [-0.2, -0.15) is 5.10 Å². The van der Waals surface area contributed by atoms with Gasteiger partial charge < -0.3 is 4.90 Å². The molecule has 1 aromatic heterocycles. The molecular formula is C15H16ClN3O2. The first kappa shape index (κ1) is 15.3. The lowest BCUT2D eigenvalue weighted by Gasteiger charge is -2.21. The van der Waals surface area contributed by atoms with E-state index < -0.39 is 0 Å². The number of halogens is 1. The third kappa shape index (κ3) is 3.49. The summed E-state index contributed by atoms with van der Waals surface area (Å²) in [6, 6.07) is 10.2. The fraction of sp³-hybridized carbons (Fsp3) is 0.267. The Balaban J connectivity index is 2.24. The number of hydrogen-bond acceptors (Lipinski definition) is 3. The van der Waals surface area contributed by atoms with Gasteiger partial charge in [-0.15, -0.1) is 0 Å². The molecule has 2 rings (SSSR count). The molecule has 1 aromatic carbocycles. The SMILES string of the molecule is CCN(Cc1ccccc1Cl)C(=O)c1ccc(=O)n(C)n1. The lowest BCUT2D eigenvalue weighted by molar-refractivity contribution is 0.0744. The average Bonchev–Trinajstić information content (AvgIpc) is 2.48. The van der Waals surface area contributed by atoms with Gasteiger partial charge in [-0.05, 0) is 24.6 Å². The number of amides is 1. The minimum absolute atomic E-state index is 0.229. The quantitative estimate of drug-likeness (QED) is 0.869. The fourth-order valence-electron chi connectivity index (χ4n) is 1.94. The molecule has 0 aliphatic rings. The number of rotatable bonds is 4. The molecule has 0 N–H and O–H groups in total. The Kier molecular flexibility index (Phi) is 4.75. The lowest BCUT2D eigenvalue weighted by atomic mass is 10.2. The highest BCUT2D eigenvalue weighted by Crippen LogP contribution is 2.17. The summed E-state index contributed by atoms with van der Waals surface area (Å²) in [5, 5.41) is 4.61. The highest BCUT2D eigenvalue weighted by atomic mass is 35.5. The summed E-state index contributed by atoms with van der Waals surface area (Å²) in [6.07, 6.45) is 0. The van der Waals surface area contributed by atoms with Crippen LogP contribution in [0.2, 0.25) is 5.02 Å². The number of aromatic nitrogens is 2. The second-order valence-electron chi connectivity index (χ2n) is 4.59. The first-order chi connectivity index (χ1) is 10.0. The Labute approximate surface area is 127 Å². The molecule has 21 heavy (non-hydrogen) atoms. The van der Waals surface area contributed by atoms with Gasteiger partial charge >= 0.3 is 0 Å². The Morgan fingerprint density at radius 3 is 2.62 bits per heavy atom. The first-order valence-corrected chi connectivity index (χ1v) is 6.97. The molecule has 110 valence electrons. The van der Waals surface area contributed by atoms with E-state index in [1.165, 1.54) is 19.2 Å². The van der Waals surface area contributed by atoms with Gasteiger partial charge in [-0.25, -0.2) is 4.68 Å². The minimum atomic E-state index is -0.249. The zero-order chi connectivity index (χ0) is 15.4. The maximum Gasteiger partial charge on any atom is 0.274 e. The van der Waals surface area contributed by atoms with E-state index in [0.717, 1.165) is 10.2 Å². The molecule has 0 spiro atoms. The molecule has 0 radical (unpaired) electrons. The summed E-state index contributed by atoms with van der Waals surface area (Å²) in [6.45, 7) is 2.81. The van der Waals surface area contributed by atoms with Gasteiger partial charge in [-0.1, -0.05) is 29.8 Å². The van der Waals surface area contributed by atoms with Crippen LogP contribution in [0.5, 0.6) is 0 Å². The van der Waals surface area contributed by atoms with Crippen LogP contribution in [-0.4, -0.2) is 27.1 Å². The molecule has 1 amide bonds. The second kappa shape index (κ2) is 6.54. The third-order valence-corrected chi connectivity index (χ3v) is 3.54. The average molecular weight is 306 g/mol. The predicted octanol–water partition coefficient (Wildman–Crippen LogP) is 2.10. The first-order valence-electron chi connectivity index (χ1n) is 6.60. The number of hydrogen-bond donors (Lipinski definition) is 0. The number of aryl methyl sites for hydroxylation is 1. The van der Waals surface area contributed by atoms with Crippen LogP contribution in [0.3, 0.4) is 0 Å².